The zero-order valence-corrected chi connectivity index (χ0v) is 16.0. The molecular weight excluding hydrogens is 350 g/mol. The second kappa shape index (κ2) is 8.48. The number of hydrogen-bond acceptors (Lipinski definition) is 5. The zero-order chi connectivity index (χ0) is 18.4. The first-order valence-corrected chi connectivity index (χ1v) is 11.4. The van der Waals surface area contributed by atoms with E-state index >= 15 is 0 Å². The van der Waals surface area contributed by atoms with Crippen LogP contribution in [-0.2, 0) is 26.2 Å². The molecule has 2 N–H and O–H groups in total. The summed E-state index contributed by atoms with van der Waals surface area (Å²) in [4.78, 5) is 4.37. The third-order valence-corrected chi connectivity index (χ3v) is 5.45. The number of rotatable bonds is 7. The molecule has 0 amide bonds. The molecule has 1 rings (SSSR count). The van der Waals surface area contributed by atoms with Crippen LogP contribution in [0.2, 0.25) is 0 Å². The van der Waals surface area contributed by atoms with Crippen LogP contribution >= 0.6 is 0 Å². The molecule has 0 aliphatic heterocycles. The standard InChI is InChI=1S/C15H25N3O4S2/c1-12(9-10-23(3,19)20)18-15(16-2)17-11-13-5-7-14(8-6-13)24(4,21)22/h5-8,12H,9-11H2,1-4H3,(H2,16,17,18). The van der Waals surface area contributed by atoms with E-state index in [4.69, 9.17) is 0 Å². The van der Waals surface area contributed by atoms with Crippen molar-refractivity contribution in [2.24, 2.45) is 4.99 Å². The first-order chi connectivity index (χ1) is 11.0. The molecule has 1 atom stereocenters. The number of sulfone groups is 2. The third kappa shape index (κ3) is 7.78. The largest absolute Gasteiger partial charge is 0.354 e. The van der Waals surface area contributed by atoms with E-state index in [-0.39, 0.29) is 16.7 Å². The molecule has 0 fully saturated rings. The second-order valence-corrected chi connectivity index (χ2v) is 10.1. The summed E-state index contributed by atoms with van der Waals surface area (Å²) in [6.07, 6.45) is 2.87. The maximum Gasteiger partial charge on any atom is 0.191 e. The number of hydrogen-bond donors (Lipinski definition) is 2. The summed E-state index contributed by atoms with van der Waals surface area (Å²) < 4.78 is 45.2. The molecule has 0 aliphatic rings. The van der Waals surface area contributed by atoms with Crippen LogP contribution in [-0.4, -0.2) is 54.1 Å². The highest BCUT2D eigenvalue weighted by Gasteiger charge is 2.10. The van der Waals surface area contributed by atoms with Crippen molar-refractivity contribution in [1.29, 1.82) is 0 Å². The summed E-state index contributed by atoms with van der Waals surface area (Å²) in [5, 5.41) is 6.24. The lowest BCUT2D eigenvalue weighted by Gasteiger charge is -2.17. The van der Waals surface area contributed by atoms with E-state index in [1.807, 2.05) is 6.92 Å². The average Bonchev–Trinajstić information content (AvgIpc) is 2.48. The van der Waals surface area contributed by atoms with Crippen LogP contribution in [0.25, 0.3) is 0 Å². The van der Waals surface area contributed by atoms with Crippen molar-refractivity contribution in [1.82, 2.24) is 10.6 Å². The lowest BCUT2D eigenvalue weighted by molar-refractivity contribution is 0.581. The Hall–Kier alpha value is -1.61. The van der Waals surface area contributed by atoms with Gasteiger partial charge >= 0.3 is 0 Å². The summed E-state index contributed by atoms with van der Waals surface area (Å²) in [6, 6.07) is 6.57. The van der Waals surface area contributed by atoms with E-state index in [0.29, 0.717) is 18.9 Å². The van der Waals surface area contributed by atoms with Crippen molar-refractivity contribution in [3.05, 3.63) is 29.8 Å². The Morgan fingerprint density at radius 1 is 1.12 bits per heavy atom. The summed E-state index contributed by atoms with van der Waals surface area (Å²) in [5.41, 5.74) is 0.911. The maximum atomic E-state index is 11.4. The average molecular weight is 376 g/mol. The zero-order valence-electron chi connectivity index (χ0n) is 14.4. The third-order valence-electron chi connectivity index (χ3n) is 3.34. The first-order valence-electron chi connectivity index (χ1n) is 7.45. The van der Waals surface area contributed by atoms with Gasteiger partial charge in [-0.2, -0.15) is 0 Å². The van der Waals surface area contributed by atoms with Gasteiger partial charge in [0.25, 0.3) is 0 Å². The van der Waals surface area contributed by atoms with Gasteiger partial charge in [0.05, 0.1) is 10.6 Å². The predicted octanol–water partition coefficient (Wildman–Crippen LogP) is 0.578. The molecule has 136 valence electrons. The molecule has 1 unspecified atom stereocenters. The van der Waals surface area contributed by atoms with Gasteiger partial charge in [0.2, 0.25) is 0 Å². The molecule has 0 saturated carbocycles. The van der Waals surface area contributed by atoms with Crippen molar-refractivity contribution in [3.63, 3.8) is 0 Å². The van der Waals surface area contributed by atoms with Crippen molar-refractivity contribution >= 4 is 25.6 Å². The molecule has 24 heavy (non-hydrogen) atoms. The summed E-state index contributed by atoms with van der Waals surface area (Å²) in [7, 11) is -4.55. The van der Waals surface area contributed by atoms with E-state index in [1.54, 1.807) is 31.3 Å². The lowest BCUT2D eigenvalue weighted by Crippen LogP contribution is -2.42. The minimum absolute atomic E-state index is 0.0430. The van der Waals surface area contributed by atoms with Crippen molar-refractivity contribution in [2.45, 2.75) is 30.8 Å². The number of nitrogens with zero attached hydrogens (tertiary/aromatic N) is 1. The van der Waals surface area contributed by atoms with Crippen LogP contribution in [0.15, 0.2) is 34.2 Å². The monoisotopic (exact) mass is 375 g/mol. The second-order valence-electron chi connectivity index (χ2n) is 5.81. The van der Waals surface area contributed by atoms with E-state index in [2.05, 4.69) is 15.6 Å². The van der Waals surface area contributed by atoms with E-state index < -0.39 is 19.7 Å². The number of nitrogens with one attached hydrogen (secondary N) is 2. The van der Waals surface area contributed by atoms with Gasteiger partial charge in [0.1, 0.15) is 9.84 Å². The van der Waals surface area contributed by atoms with Crippen LogP contribution < -0.4 is 10.6 Å². The predicted molar refractivity (Wildman–Crippen MR) is 96.7 cm³/mol. The molecule has 1 aromatic carbocycles. The minimum atomic E-state index is -3.20. The van der Waals surface area contributed by atoms with E-state index in [0.717, 1.165) is 5.56 Å². The molecular formula is C15H25N3O4S2. The van der Waals surface area contributed by atoms with Gasteiger partial charge in [0.15, 0.2) is 15.8 Å². The van der Waals surface area contributed by atoms with E-state index in [9.17, 15) is 16.8 Å². The summed E-state index contributed by atoms with van der Waals surface area (Å²) in [5.74, 6) is 0.675. The Morgan fingerprint density at radius 2 is 1.71 bits per heavy atom. The van der Waals surface area contributed by atoms with Crippen molar-refractivity contribution in [2.75, 3.05) is 25.3 Å². The van der Waals surface area contributed by atoms with E-state index in [1.165, 1.54) is 12.5 Å². The summed E-state index contributed by atoms with van der Waals surface area (Å²) in [6.45, 7) is 2.36. The molecule has 0 bridgehead atoms. The highest BCUT2D eigenvalue weighted by Crippen LogP contribution is 2.10. The molecule has 0 radical (unpaired) electrons. The Labute approximate surface area is 144 Å². The normalized spacial score (nSPS) is 14.2. The van der Waals surface area contributed by atoms with Gasteiger partial charge in [-0.1, -0.05) is 12.1 Å². The Kier molecular flexibility index (Phi) is 7.22. The van der Waals surface area contributed by atoms with Gasteiger partial charge in [-0.3, -0.25) is 4.99 Å². The number of aliphatic imine (C=N–C) groups is 1. The fourth-order valence-corrected chi connectivity index (χ4v) is 3.34. The van der Waals surface area contributed by atoms with Crippen molar-refractivity contribution in [3.8, 4) is 0 Å². The molecule has 0 spiro atoms. The maximum absolute atomic E-state index is 11.4. The van der Waals surface area contributed by atoms with Crippen LogP contribution in [0.5, 0.6) is 0 Å². The topological polar surface area (TPSA) is 105 Å². The molecule has 1 aromatic rings. The van der Waals surface area contributed by atoms with Crippen LogP contribution in [0, 0.1) is 0 Å². The SMILES string of the molecule is CN=C(NCc1ccc(S(C)(=O)=O)cc1)NC(C)CCS(C)(=O)=O. The van der Waals surface area contributed by atoms with Crippen LogP contribution in [0.3, 0.4) is 0 Å². The number of guanidine groups is 1. The Morgan fingerprint density at radius 3 is 2.17 bits per heavy atom. The van der Waals surface area contributed by atoms with Crippen molar-refractivity contribution < 1.29 is 16.8 Å². The molecule has 0 heterocycles. The van der Waals surface area contributed by atoms with Crippen LogP contribution in [0.1, 0.15) is 18.9 Å². The van der Waals surface area contributed by atoms with Gasteiger partial charge < -0.3 is 10.6 Å². The van der Waals surface area contributed by atoms with Crippen LogP contribution in [0.4, 0.5) is 0 Å². The van der Waals surface area contributed by atoms with Gasteiger partial charge in [-0.25, -0.2) is 16.8 Å². The Balaban J connectivity index is 2.55. The first kappa shape index (κ1) is 20.4. The molecule has 0 aliphatic carbocycles. The van der Waals surface area contributed by atoms with Gasteiger partial charge in [-0.05, 0) is 31.0 Å². The smallest absolute Gasteiger partial charge is 0.191 e. The molecule has 7 nitrogen and oxygen atoms in total. The highest BCUT2D eigenvalue weighted by atomic mass is 32.2. The van der Waals surface area contributed by atoms with Gasteiger partial charge in [0, 0.05) is 32.1 Å². The Bertz CT molecular complexity index is 769. The molecule has 9 heteroatoms. The fourth-order valence-electron chi connectivity index (χ4n) is 1.93. The fraction of sp³-hybridized carbons (Fsp3) is 0.533. The molecule has 0 aromatic heterocycles. The highest BCUT2D eigenvalue weighted by molar-refractivity contribution is 7.91. The molecule has 0 saturated heterocycles. The summed E-state index contributed by atoms with van der Waals surface area (Å²) >= 11 is 0. The number of benzene rings is 1. The van der Waals surface area contributed by atoms with Gasteiger partial charge in [-0.15, -0.1) is 0 Å². The lowest BCUT2D eigenvalue weighted by atomic mass is 10.2. The quantitative estimate of drug-likeness (QED) is 0.533. The minimum Gasteiger partial charge on any atom is -0.354 e.